The predicted molar refractivity (Wildman–Crippen MR) is 78.0 cm³/mol. The van der Waals surface area contributed by atoms with E-state index in [1.54, 1.807) is 30.3 Å². The van der Waals surface area contributed by atoms with Gasteiger partial charge in [-0.3, -0.25) is 0 Å². The maximum absolute atomic E-state index is 12.2. The molecule has 0 radical (unpaired) electrons. The SMILES string of the molecule is Cc1cc(O)ccc1NC(C)c1cccc(OC(F)F)c1. The van der Waals surface area contributed by atoms with Crippen molar-refractivity contribution in [3.05, 3.63) is 53.6 Å². The van der Waals surface area contributed by atoms with Crippen LogP contribution in [-0.4, -0.2) is 11.7 Å². The number of rotatable bonds is 5. The van der Waals surface area contributed by atoms with Crippen LogP contribution in [0.2, 0.25) is 0 Å². The molecule has 0 spiro atoms. The van der Waals surface area contributed by atoms with Crippen LogP contribution in [0.25, 0.3) is 0 Å². The number of alkyl halides is 2. The second-order valence-corrected chi connectivity index (χ2v) is 4.82. The fourth-order valence-electron chi connectivity index (χ4n) is 2.09. The Labute approximate surface area is 122 Å². The van der Waals surface area contributed by atoms with E-state index in [1.807, 2.05) is 19.9 Å². The summed E-state index contributed by atoms with van der Waals surface area (Å²) in [6.07, 6.45) is 0. The van der Waals surface area contributed by atoms with E-state index in [9.17, 15) is 13.9 Å². The Kier molecular flexibility index (Phi) is 4.62. The summed E-state index contributed by atoms with van der Waals surface area (Å²) in [5, 5.41) is 12.7. The third-order valence-corrected chi connectivity index (χ3v) is 3.17. The summed E-state index contributed by atoms with van der Waals surface area (Å²) < 4.78 is 28.9. The smallest absolute Gasteiger partial charge is 0.387 e. The zero-order valence-corrected chi connectivity index (χ0v) is 11.8. The number of benzene rings is 2. The third kappa shape index (κ3) is 4.08. The summed E-state index contributed by atoms with van der Waals surface area (Å²) in [7, 11) is 0. The first kappa shape index (κ1) is 15.1. The Bertz CT molecular complexity index is 617. The lowest BCUT2D eigenvalue weighted by atomic mass is 10.1. The highest BCUT2D eigenvalue weighted by Gasteiger charge is 2.10. The highest BCUT2D eigenvalue weighted by molar-refractivity contribution is 5.54. The molecular weight excluding hydrogens is 276 g/mol. The van der Waals surface area contributed by atoms with Crippen molar-refractivity contribution in [2.24, 2.45) is 0 Å². The van der Waals surface area contributed by atoms with Crippen molar-refractivity contribution in [1.82, 2.24) is 0 Å². The molecular formula is C16H17F2NO2. The first-order chi connectivity index (χ1) is 9.95. The summed E-state index contributed by atoms with van der Waals surface area (Å²) in [5.74, 6) is 0.344. The molecule has 2 N–H and O–H groups in total. The second kappa shape index (κ2) is 6.43. The van der Waals surface area contributed by atoms with Gasteiger partial charge in [-0.2, -0.15) is 8.78 Å². The Hall–Kier alpha value is -2.30. The largest absolute Gasteiger partial charge is 0.508 e. The van der Waals surface area contributed by atoms with Crippen LogP contribution in [0, 0.1) is 6.92 Å². The molecule has 3 nitrogen and oxygen atoms in total. The number of halogens is 2. The molecule has 1 unspecified atom stereocenters. The molecule has 0 bridgehead atoms. The molecule has 0 aromatic heterocycles. The van der Waals surface area contributed by atoms with Gasteiger partial charge >= 0.3 is 6.61 Å². The van der Waals surface area contributed by atoms with Gasteiger partial charge in [0.25, 0.3) is 0 Å². The Balaban J connectivity index is 2.14. The molecule has 2 aromatic carbocycles. The molecule has 2 aromatic rings. The summed E-state index contributed by atoms with van der Waals surface area (Å²) in [5.41, 5.74) is 2.61. The molecule has 0 heterocycles. The van der Waals surface area contributed by atoms with E-state index in [0.717, 1.165) is 16.8 Å². The number of nitrogens with one attached hydrogen (secondary N) is 1. The Morgan fingerprint density at radius 3 is 2.57 bits per heavy atom. The molecule has 112 valence electrons. The average Bonchev–Trinajstić information content (AvgIpc) is 2.41. The van der Waals surface area contributed by atoms with E-state index in [-0.39, 0.29) is 17.5 Å². The fourth-order valence-corrected chi connectivity index (χ4v) is 2.09. The molecule has 2 rings (SSSR count). The highest BCUT2D eigenvalue weighted by atomic mass is 19.3. The van der Waals surface area contributed by atoms with Crippen molar-refractivity contribution in [1.29, 1.82) is 0 Å². The number of ether oxygens (including phenoxy) is 1. The number of aromatic hydroxyl groups is 1. The molecule has 0 aliphatic heterocycles. The van der Waals surface area contributed by atoms with Crippen LogP contribution in [-0.2, 0) is 0 Å². The molecule has 0 aliphatic carbocycles. The van der Waals surface area contributed by atoms with Crippen molar-refractivity contribution < 1.29 is 18.6 Å². The number of phenols is 1. The molecule has 1 atom stereocenters. The summed E-state index contributed by atoms with van der Waals surface area (Å²) in [4.78, 5) is 0. The average molecular weight is 293 g/mol. The van der Waals surface area contributed by atoms with Crippen molar-refractivity contribution in [2.45, 2.75) is 26.5 Å². The van der Waals surface area contributed by atoms with Crippen LogP contribution in [0.4, 0.5) is 14.5 Å². The van der Waals surface area contributed by atoms with Crippen LogP contribution in [0.1, 0.15) is 24.1 Å². The number of aryl methyl sites for hydroxylation is 1. The van der Waals surface area contributed by atoms with Crippen LogP contribution < -0.4 is 10.1 Å². The van der Waals surface area contributed by atoms with Crippen LogP contribution >= 0.6 is 0 Å². The monoisotopic (exact) mass is 293 g/mol. The van der Waals surface area contributed by atoms with Gasteiger partial charge in [0.2, 0.25) is 0 Å². The van der Waals surface area contributed by atoms with E-state index >= 15 is 0 Å². The van der Waals surface area contributed by atoms with Crippen LogP contribution in [0.15, 0.2) is 42.5 Å². The van der Waals surface area contributed by atoms with E-state index in [1.165, 1.54) is 6.07 Å². The molecule has 21 heavy (non-hydrogen) atoms. The van der Waals surface area contributed by atoms with Crippen molar-refractivity contribution in [3.63, 3.8) is 0 Å². The minimum absolute atomic E-state index is 0.0885. The van der Waals surface area contributed by atoms with Gasteiger partial charge < -0.3 is 15.2 Å². The number of hydrogen-bond donors (Lipinski definition) is 2. The van der Waals surface area contributed by atoms with E-state index < -0.39 is 6.61 Å². The molecule has 0 fully saturated rings. The summed E-state index contributed by atoms with van der Waals surface area (Å²) in [6, 6.07) is 11.5. The lowest BCUT2D eigenvalue weighted by Gasteiger charge is -2.18. The molecule has 0 saturated carbocycles. The highest BCUT2D eigenvalue weighted by Crippen LogP contribution is 2.27. The fraction of sp³-hybridized carbons (Fsp3) is 0.250. The van der Waals surface area contributed by atoms with Gasteiger partial charge in [0.1, 0.15) is 11.5 Å². The normalized spacial score (nSPS) is 12.2. The van der Waals surface area contributed by atoms with Crippen molar-refractivity contribution >= 4 is 5.69 Å². The standard InChI is InChI=1S/C16H17F2NO2/c1-10-8-13(20)6-7-15(10)19-11(2)12-4-3-5-14(9-12)21-16(17)18/h3-9,11,16,19-20H,1-2H3. The second-order valence-electron chi connectivity index (χ2n) is 4.82. The van der Waals surface area contributed by atoms with Gasteiger partial charge in [0.15, 0.2) is 0 Å². The quantitative estimate of drug-likeness (QED) is 0.799. The van der Waals surface area contributed by atoms with Gasteiger partial charge in [0, 0.05) is 11.7 Å². The molecule has 0 aliphatic rings. The molecule has 5 heteroatoms. The minimum atomic E-state index is -2.83. The Morgan fingerprint density at radius 1 is 1.14 bits per heavy atom. The number of phenolic OH excluding ortho intramolecular Hbond substituents is 1. The molecule has 0 saturated heterocycles. The van der Waals surface area contributed by atoms with Gasteiger partial charge in [-0.25, -0.2) is 0 Å². The maximum atomic E-state index is 12.2. The first-order valence-electron chi connectivity index (χ1n) is 6.56. The zero-order valence-electron chi connectivity index (χ0n) is 11.8. The van der Waals surface area contributed by atoms with Gasteiger partial charge in [0.05, 0.1) is 0 Å². The number of hydrogen-bond acceptors (Lipinski definition) is 3. The van der Waals surface area contributed by atoms with E-state index in [4.69, 9.17) is 0 Å². The molecule has 0 amide bonds. The van der Waals surface area contributed by atoms with E-state index in [0.29, 0.717) is 0 Å². The third-order valence-electron chi connectivity index (χ3n) is 3.17. The predicted octanol–water partition coefficient (Wildman–Crippen LogP) is 4.48. The van der Waals surface area contributed by atoms with Gasteiger partial charge in [-0.15, -0.1) is 0 Å². The van der Waals surface area contributed by atoms with Crippen LogP contribution in [0.5, 0.6) is 11.5 Å². The van der Waals surface area contributed by atoms with Crippen molar-refractivity contribution in [3.8, 4) is 11.5 Å². The first-order valence-corrected chi connectivity index (χ1v) is 6.56. The van der Waals surface area contributed by atoms with Crippen molar-refractivity contribution in [2.75, 3.05) is 5.32 Å². The zero-order chi connectivity index (χ0) is 15.4. The van der Waals surface area contributed by atoms with Gasteiger partial charge in [-0.05, 0) is 55.3 Å². The Morgan fingerprint density at radius 2 is 1.90 bits per heavy atom. The topological polar surface area (TPSA) is 41.5 Å². The van der Waals surface area contributed by atoms with Gasteiger partial charge in [-0.1, -0.05) is 12.1 Å². The maximum Gasteiger partial charge on any atom is 0.387 e. The lowest BCUT2D eigenvalue weighted by molar-refractivity contribution is -0.0498. The summed E-state index contributed by atoms with van der Waals surface area (Å²) >= 11 is 0. The van der Waals surface area contributed by atoms with Crippen LogP contribution in [0.3, 0.4) is 0 Å². The number of anilines is 1. The minimum Gasteiger partial charge on any atom is -0.508 e. The summed E-state index contributed by atoms with van der Waals surface area (Å²) in [6.45, 7) is 0.974. The van der Waals surface area contributed by atoms with E-state index in [2.05, 4.69) is 10.1 Å². The lowest BCUT2D eigenvalue weighted by Crippen LogP contribution is -2.08.